The number of fused-ring (bicyclic) bond motifs is 2. The first-order valence-electron chi connectivity index (χ1n) is 22.9. The highest BCUT2D eigenvalue weighted by Crippen LogP contribution is 2.30. The minimum Gasteiger partial charge on any atom is -0.338 e. The number of H-pyrrole nitrogens is 2. The van der Waals surface area contributed by atoms with E-state index in [1.807, 2.05) is 97.1 Å². The van der Waals surface area contributed by atoms with Gasteiger partial charge in [-0.3, -0.25) is 39.3 Å². The number of amides is 3. The maximum atomic E-state index is 13.0. The van der Waals surface area contributed by atoms with Crippen LogP contribution < -0.4 is 16.0 Å². The van der Waals surface area contributed by atoms with Gasteiger partial charge in [0.2, 0.25) is 11.8 Å². The molecular formula is C52H53ClN10O4. The number of nitrogens with one attached hydrogen (secondary N) is 5. The molecule has 0 bridgehead atoms. The third-order valence-corrected chi connectivity index (χ3v) is 11.6. The van der Waals surface area contributed by atoms with Gasteiger partial charge >= 0.3 is 0 Å². The molecule has 15 heteroatoms. The number of carbonyl (C=O) groups is 4. The molecule has 6 heterocycles. The van der Waals surface area contributed by atoms with Crippen LogP contribution >= 0.6 is 11.6 Å². The molecule has 0 saturated carbocycles. The highest BCUT2D eigenvalue weighted by molar-refractivity contribution is 6.67. The summed E-state index contributed by atoms with van der Waals surface area (Å²) in [4.78, 5) is 58.5. The van der Waals surface area contributed by atoms with Crippen molar-refractivity contribution < 1.29 is 20.5 Å². The number of aromatic nitrogens is 6. The zero-order valence-corrected chi connectivity index (χ0v) is 37.9. The number of nitrogens with zero attached hydrogens (tertiary/aromatic N) is 5. The van der Waals surface area contributed by atoms with Crippen LogP contribution in [-0.4, -0.2) is 84.4 Å². The summed E-state index contributed by atoms with van der Waals surface area (Å²) in [6.45, 7) is 5.14. The van der Waals surface area contributed by atoms with Crippen LogP contribution in [-0.2, 0) is 9.59 Å². The Morgan fingerprint density at radius 2 is 1.15 bits per heavy atom. The second-order valence-electron chi connectivity index (χ2n) is 15.8. The van der Waals surface area contributed by atoms with Crippen molar-refractivity contribution in [3.8, 4) is 22.5 Å². The molecule has 2 aliphatic heterocycles. The fourth-order valence-corrected chi connectivity index (χ4v) is 8.04. The van der Waals surface area contributed by atoms with E-state index in [9.17, 15) is 19.2 Å². The molecule has 8 aromatic rings. The van der Waals surface area contributed by atoms with E-state index in [0.29, 0.717) is 36.8 Å². The molecule has 2 fully saturated rings. The number of rotatable bonds is 8. The van der Waals surface area contributed by atoms with Crippen LogP contribution in [0, 0.1) is 11.8 Å². The Hall–Kier alpha value is -7.55. The first kappa shape index (κ1) is 46.0. The summed E-state index contributed by atoms with van der Waals surface area (Å²) >= 11 is 5.16. The summed E-state index contributed by atoms with van der Waals surface area (Å²) in [6.07, 6.45) is 10.5. The number of benzene rings is 4. The smallest absolute Gasteiger partial charge is 0.253 e. The van der Waals surface area contributed by atoms with Crippen molar-refractivity contribution in [3.63, 3.8) is 0 Å². The van der Waals surface area contributed by atoms with Gasteiger partial charge in [0.25, 0.3) is 11.1 Å². The van der Waals surface area contributed by atoms with Gasteiger partial charge in [-0.2, -0.15) is 10.2 Å². The lowest BCUT2D eigenvalue weighted by molar-refractivity contribution is -0.121. The molecule has 2 atom stereocenters. The summed E-state index contributed by atoms with van der Waals surface area (Å²) in [7, 11) is 0. The van der Waals surface area contributed by atoms with Gasteiger partial charge in [-0.1, -0.05) is 62.4 Å². The topological polar surface area (TPSA) is 191 Å². The van der Waals surface area contributed by atoms with E-state index in [1.165, 1.54) is 0 Å². The number of carbonyl (C=O) groups excluding carboxylic acids is 4. The average Bonchev–Trinajstić information content (AvgIpc) is 4.02. The van der Waals surface area contributed by atoms with Crippen LogP contribution in [0.25, 0.3) is 44.3 Å². The third kappa shape index (κ3) is 12.4. The lowest BCUT2D eigenvalue weighted by Gasteiger charge is -2.32. The monoisotopic (exact) mass is 917 g/mol. The van der Waals surface area contributed by atoms with Gasteiger partial charge in [0.1, 0.15) is 11.4 Å². The lowest BCUT2D eigenvalue weighted by Crippen LogP contribution is -2.43. The number of anilines is 2. The fourth-order valence-electron chi connectivity index (χ4n) is 7.92. The van der Waals surface area contributed by atoms with E-state index in [-0.39, 0.29) is 29.6 Å². The van der Waals surface area contributed by atoms with Crippen molar-refractivity contribution in [2.24, 2.45) is 11.8 Å². The summed E-state index contributed by atoms with van der Waals surface area (Å²) in [5.41, 5.74) is 8.18. The predicted molar refractivity (Wildman–Crippen MR) is 265 cm³/mol. The first-order valence-corrected chi connectivity index (χ1v) is 22.6. The number of hydrogen-bond donors (Lipinski definition) is 5. The standard InChI is InChI=1S/C25H23N5O2.C18H19N5O.C7H5ClO.C2H6/c31-24(19-7-4-14-30(16-19)25(32)18-5-2-1-3-6-18)27-20-8-9-22-21(15-20)23(29-28-22)17-10-12-26-13-11-17;24-18(13-2-1-7-20-11-13)21-14-3-4-16-15(10-14)17(23-22-16)12-5-8-19-9-6-12;8-7(9)6-4-2-1-3-5-6;1-2/h1-3,5-6,8-13,15,19H,4,7,14,16H2,(H,27,31)(H,28,29);3-6,8-10,13,20H,1-2,7,11H2,(H,21,24)(H,22,23);1-5H;1-2H3/i;;;1D. The van der Waals surface area contributed by atoms with Crippen LogP contribution in [0.15, 0.2) is 146 Å². The molecule has 2 aliphatic rings. The Labute approximate surface area is 395 Å². The van der Waals surface area contributed by atoms with Crippen LogP contribution in [0.4, 0.5) is 11.4 Å². The normalized spacial score (nSPS) is 15.6. The fraction of sp³-hybridized carbons (Fsp3) is 0.231. The highest BCUT2D eigenvalue weighted by atomic mass is 35.5. The van der Waals surface area contributed by atoms with Gasteiger partial charge in [0.15, 0.2) is 0 Å². The molecule has 4 aromatic heterocycles. The van der Waals surface area contributed by atoms with E-state index in [4.69, 9.17) is 13.0 Å². The number of piperidine rings is 2. The van der Waals surface area contributed by atoms with Crippen LogP contribution in [0.5, 0.6) is 0 Å². The molecule has 10 rings (SSSR count). The van der Waals surface area contributed by atoms with Crippen molar-refractivity contribution in [1.29, 1.82) is 0 Å². The molecule has 0 aliphatic carbocycles. The highest BCUT2D eigenvalue weighted by Gasteiger charge is 2.29. The number of pyridine rings is 2. The van der Waals surface area contributed by atoms with Crippen molar-refractivity contribution in [1.82, 2.24) is 40.6 Å². The van der Waals surface area contributed by atoms with E-state index in [1.54, 1.807) is 60.9 Å². The van der Waals surface area contributed by atoms with Crippen molar-refractivity contribution in [2.75, 3.05) is 36.8 Å². The minimum atomic E-state index is -0.407. The predicted octanol–water partition coefficient (Wildman–Crippen LogP) is 9.77. The van der Waals surface area contributed by atoms with E-state index in [2.05, 4.69) is 46.3 Å². The number of aromatic amines is 2. The Kier molecular flexibility index (Phi) is 16.2. The molecule has 67 heavy (non-hydrogen) atoms. The number of likely N-dealkylation sites (tertiary alicyclic amines) is 1. The average molecular weight is 919 g/mol. The summed E-state index contributed by atoms with van der Waals surface area (Å²) in [6, 6.07) is 37.2. The SMILES string of the molecule is O=C(Cl)c1ccccc1.O=C(Nc1ccc2[nH]nc(-c3ccncc3)c2c1)C1CCCN(C(=O)c2ccccc2)C1.O=C(Nc1ccc2[nH]nc(-c3ccncc3)c2c1)C1CCCNC1.[2H]CC. The quantitative estimate of drug-likeness (QED) is 0.0924. The second-order valence-corrected chi connectivity index (χ2v) is 16.1. The Bertz CT molecular complexity index is 2900. The molecular weight excluding hydrogens is 864 g/mol. The zero-order valence-electron chi connectivity index (χ0n) is 38.1. The molecule has 342 valence electrons. The van der Waals surface area contributed by atoms with Crippen LogP contribution in [0.1, 0.15) is 61.6 Å². The number of halogens is 1. The molecule has 3 amide bonds. The van der Waals surface area contributed by atoms with E-state index in [0.717, 1.165) is 88.8 Å². The summed E-state index contributed by atoms with van der Waals surface area (Å²) in [5.74, 6) is -0.209. The van der Waals surface area contributed by atoms with Crippen molar-refractivity contribution >= 4 is 67.7 Å². The zero-order chi connectivity index (χ0) is 47.7. The maximum absolute atomic E-state index is 13.0. The molecule has 5 N–H and O–H groups in total. The summed E-state index contributed by atoms with van der Waals surface area (Å²) in [5, 5.41) is 25.8. The molecule has 14 nitrogen and oxygen atoms in total. The maximum Gasteiger partial charge on any atom is 0.253 e. The molecule has 0 spiro atoms. The van der Waals surface area contributed by atoms with E-state index < -0.39 is 5.24 Å². The lowest BCUT2D eigenvalue weighted by atomic mass is 9.96. The number of hydrogen-bond acceptors (Lipinski definition) is 9. The largest absolute Gasteiger partial charge is 0.338 e. The van der Waals surface area contributed by atoms with Crippen LogP contribution in [0.3, 0.4) is 0 Å². The Morgan fingerprint density at radius 1 is 0.657 bits per heavy atom. The third-order valence-electron chi connectivity index (χ3n) is 11.3. The van der Waals surface area contributed by atoms with Crippen molar-refractivity contribution in [2.45, 2.75) is 39.5 Å². The first-order chi connectivity index (χ1) is 33.2. The van der Waals surface area contributed by atoms with Gasteiger partial charge in [0.05, 0.1) is 22.9 Å². The molecule has 2 saturated heterocycles. The molecule has 2 unspecified atom stereocenters. The van der Waals surface area contributed by atoms with Gasteiger partial charge in [0, 0.05) is 90.2 Å². The van der Waals surface area contributed by atoms with Gasteiger partial charge < -0.3 is 20.9 Å². The van der Waals surface area contributed by atoms with Crippen LogP contribution in [0.2, 0.25) is 0 Å². The Balaban J connectivity index is 0.000000166. The van der Waals surface area contributed by atoms with Gasteiger partial charge in [-0.15, -0.1) is 0 Å². The Morgan fingerprint density at radius 3 is 1.63 bits per heavy atom. The minimum absolute atomic E-state index is 0.0232. The molecule has 0 radical (unpaired) electrons. The summed E-state index contributed by atoms with van der Waals surface area (Å²) < 4.78 is 6.21. The van der Waals surface area contributed by atoms with Crippen molar-refractivity contribution in [3.05, 3.63) is 157 Å². The van der Waals surface area contributed by atoms with Gasteiger partial charge in [-0.05, 0) is 117 Å². The second kappa shape index (κ2) is 23.6. The van der Waals surface area contributed by atoms with E-state index >= 15 is 0 Å². The molecule has 4 aromatic carbocycles. The van der Waals surface area contributed by atoms with Gasteiger partial charge in [-0.25, -0.2) is 0 Å².